The van der Waals surface area contributed by atoms with Gasteiger partial charge >= 0.3 is 0 Å². The highest BCUT2D eigenvalue weighted by atomic mass is 32.2. The average molecular weight is 245 g/mol. The Bertz CT molecular complexity index is 361. The summed E-state index contributed by atoms with van der Waals surface area (Å²) in [5, 5.41) is 7.59. The number of rotatable bonds is 4. The number of nitrogens with one attached hydrogen (secondary N) is 1. The molecule has 1 saturated heterocycles. The lowest BCUT2D eigenvalue weighted by atomic mass is 9.99. The Hall–Kier alpha value is -0.640. The molecule has 0 spiro atoms. The lowest BCUT2D eigenvalue weighted by Gasteiger charge is -2.29. The first-order valence-electron chi connectivity index (χ1n) is 5.52. The fraction of sp³-hybridized carbons (Fsp3) is 0.900. The maximum Gasteiger partial charge on any atom is 0.227 e. The van der Waals surface area contributed by atoms with Crippen molar-refractivity contribution in [3.8, 4) is 6.07 Å². The summed E-state index contributed by atoms with van der Waals surface area (Å²) in [6, 6.07) is 1.74. The summed E-state index contributed by atoms with van der Waals surface area (Å²) in [4.78, 5) is 2.20. The standard InChI is InChI=1S/C10H19N3O2S/c1-9(6-11)16(14,15)12-7-10-4-3-5-13(2)8-10/h9-10,12H,3-5,7-8H2,1-2H3. The molecule has 16 heavy (non-hydrogen) atoms. The van der Waals surface area contributed by atoms with E-state index in [1.165, 1.54) is 6.92 Å². The summed E-state index contributed by atoms with van der Waals surface area (Å²) in [6.07, 6.45) is 2.16. The zero-order valence-corrected chi connectivity index (χ0v) is 10.6. The molecule has 1 heterocycles. The Morgan fingerprint density at radius 3 is 2.88 bits per heavy atom. The van der Waals surface area contributed by atoms with Gasteiger partial charge in [0.2, 0.25) is 10.0 Å². The zero-order valence-electron chi connectivity index (χ0n) is 9.81. The van der Waals surface area contributed by atoms with Gasteiger partial charge in [-0.1, -0.05) is 0 Å². The molecule has 0 aliphatic carbocycles. The average Bonchev–Trinajstić information content (AvgIpc) is 2.25. The third-order valence-corrected chi connectivity index (χ3v) is 4.55. The maximum atomic E-state index is 11.5. The molecule has 0 radical (unpaired) electrons. The fourth-order valence-electron chi connectivity index (χ4n) is 1.87. The highest BCUT2D eigenvalue weighted by Gasteiger charge is 2.23. The van der Waals surface area contributed by atoms with Gasteiger partial charge in [-0.2, -0.15) is 5.26 Å². The maximum absolute atomic E-state index is 11.5. The summed E-state index contributed by atoms with van der Waals surface area (Å²) < 4.78 is 25.6. The van der Waals surface area contributed by atoms with Gasteiger partial charge in [-0.25, -0.2) is 13.1 Å². The van der Waals surface area contributed by atoms with E-state index in [4.69, 9.17) is 5.26 Å². The van der Waals surface area contributed by atoms with Crippen molar-refractivity contribution in [2.24, 2.45) is 5.92 Å². The SMILES string of the molecule is CC(C#N)S(=O)(=O)NCC1CCCN(C)C1. The predicted octanol–water partition coefficient (Wildman–Crippen LogP) is 0.160. The summed E-state index contributed by atoms with van der Waals surface area (Å²) in [5.41, 5.74) is 0. The van der Waals surface area contributed by atoms with Crippen molar-refractivity contribution >= 4 is 10.0 Å². The van der Waals surface area contributed by atoms with Crippen LogP contribution in [-0.2, 0) is 10.0 Å². The lowest BCUT2D eigenvalue weighted by Crippen LogP contribution is -2.41. The zero-order chi connectivity index (χ0) is 12.2. The third kappa shape index (κ3) is 3.74. The molecule has 0 amide bonds. The van der Waals surface area contributed by atoms with Crippen LogP contribution in [-0.4, -0.2) is 45.2 Å². The van der Waals surface area contributed by atoms with Crippen molar-refractivity contribution in [3.05, 3.63) is 0 Å². The second-order valence-electron chi connectivity index (χ2n) is 4.44. The van der Waals surface area contributed by atoms with Gasteiger partial charge in [-0.3, -0.25) is 0 Å². The number of likely N-dealkylation sites (tertiary alicyclic amines) is 1. The van der Waals surface area contributed by atoms with E-state index < -0.39 is 15.3 Å². The van der Waals surface area contributed by atoms with Gasteiger partial charge in [0, 0.05) is 13.1 Å². The highest BCUT2D eigenvalue weighted by Crippen LogP contribution is 2.14. The molecule has 1 rings (SSSR count). The molecule has 2 unspecified atom stereocenters. The molecular weight excluding hydrogens is 226 g/mol. The van der Waals surface area contributed by atoms with Crippen molar-refractivity contribution in [1.82, 2.24) is 9.62 Å². The first kappa shape index (κ1) is 13.4. The Labute approximate surface area is 97.5 Å². The Kier molecular flexibility index (Phi) is 4.71. The number of hydrogen-bond donors (Lipinski definition) is 1. The van der Waals surface area contributed by atoms with Crippen LogP contribution in [0.2, 0.25) is 0 Å². The highest BCUT2D eigenvalue weighted by molar-refractivity contribution is 7.90. The summed E-state index contributed by atoms with van der Waals surface area (Å²) >= 11 is 0. The smallest absolute Gasteiger partial charge is 0.227 e. The molecule has 2 atom stereocenters. The van der Waals surface area contributed by atoms with Gasteiger partial charge in [0.15, 0.2) is 5.25 Å². The van der Waals surface area contributed by atoms with E-state index in [-0.39, 0.29) is 0 Å². The van der Waals surface area contributed by atoms with Crippen molar-refractivity contribution in [1.29, 1.82) is 5.26 Å². The molecule has 1 fully saturated rings. The molecule has 0 bridgehead atoms. The molecule has 1 aliphatic heterocycles. The number of hydrogen-bond acceptors (Lipinski definition) is 4. The van der Waals surface area contributed by atoms with Crippen molar-refractivity contribution in [3.63, 3.8) is 0 Å². The molecule has 1 N–H and O–H groups in total. The van der Waals surface area contributed by atoms with E-state index in [0.717, 1.165) is 25.9 Å². The Balaban J connectivity index is 2.43. The Morgan fingerprint density at radius 1 is 1.62 bits per heavy atom. The van der Waals surface area contributed by atoms with Crippen LogP contribution in [0.5, 0.6) is 0 Å². The number of nitrogens with zero attached hydrogens (tertiary/aromatic N) is 2. The molecule has 0 aromatic carbocycles. The van der Waals surface area contributed by atoms with E-state index in [1.807, 2.05) is 7.05 Å². The minimum absolute atomic E-state index is 0.361. The quantitative estimate of drug-likeness (QED) is 0.765. The van der Waals surface area contributed by atoms with E-state index in [1.54, 1.807) is 6.07 Å². The van der Waals surface area contributed by atoms with Crippen LogP contribution < -0.4 is 4.72 Å². The van der Waals surface area contributed by atoms with E-state index in [9.17, 15) is 8.42 Å². The van der Waals surface area contributed by atoms with Crippen molar-refractivity contribution < 1.29 is 8.42 Å². The number of nitriles is 1. The van der Waals surface area contributed by atoms with Gasteiger partial charge in [0.1, 0.15) is 0 Å². The third-order valence-electron chi connectivity index (χ3n) is 2.94. The first-order chi connectivity index (χ1) is 7.45. The van der Waals surface area contributed by atoms with Gasteiger partial charge in [-0.05, 0) is 39.3 Å². The minimum Gasteiger partial charge on any atom is -0.306 e. The molecule has 0 aromatic heterocycles. The summed E-state index contributed by atoms with van der Waals surface area (Å²) in [7, 11) is -1.42. The fourth-order valence-corrected chi connectivity index (χ4v) is 2.73. The van der Waals surface area contributed by atoms with Crippen LogP contribution in [0.1, 0.15) is 19.8 Å². The van der Waals surface area contributed by atoms with Gasteiger partial charge in [0.25, 0.3) is 0 Å². The minimum atomic E-state index is -3.46. The first-order valence-corrected chi connectivity index (χ1v) is 7.07. The van der Waals surface area contributed by atoms with Crippen LogP contribution in [0.4, 0.5) is 0 Å². The van der Waals surface area contributed by atoms with E-state index >= 15 is 0 Å². The molecule has 0 aromatic rings. The van der Waals surface area contributed by atoms with Crippen LogP contribution in [0, 0.1) is 17.2 Å². The largest absolute Gasteiger partial charge is 0.306 e. The number of sulfonamides is 1. The van der Waals surface area contributed by atoms with Gasteiger partial charge in [0.05, 0.1) is 6.07 Å². The van der Waals surface area contributed by atoms with Crippen LogP contribution in [0.15, 0.2) is 0 Å². The Morgan fingerprint density at radius 2 is 2.31 bits per heavy atom. The van der Waals surface area contributed by atoms with Crippen molar-refractivity contribution in [2.75, 3.05) is 26.7 Å². The molecule has 6 heteroatoms. The molecule has 1 aliphatic rings. The van der Waals surface area contributed by atoms with Gasteiger partial charge in [-0.15, -0.1) is 0 Å². The predicted molar refractivity (Wildman–Crippen MR) is 62.2 cm³/mol. The monoisotopic (exact) mass is 245 g/mol. The van der Waals surface area contributed by atoms with Gasteiger partial charge < -0.3 is 4.90 Å². The second-order valence-corrected chi connectivity index (χ2v) is 6.52. The van der Waals surface area contributed by atoms with Crippen LogP contribution in [0.25, 0.3) is 0 Å². The van der Waals surface area contributed by atoms with Crippen molar-refractivity contribution in [2.45, 2.75) is 25.0 Å². The lowest BCUT2D eigenvalue weighted by molar-refractivity contribution is 0.211. The van der Waals surface area contributed by atoms with E-state index in [0.29, 0.717) is 12.5 Å². The molecular formula is C10H19N3O2S. The second kappa shape index (κ2) is 5.62. The van der Waals surface area contributed by atoms with E-state index in [2.05, 4.69) is 9.62 Å². The summed E-state index contributed by atoms with van der Waals surface area (Å²) in [5.74, 6) is 0.361. The summed E-state index contributed by atoms with van der Waals surface area (Å²) in [6.45, 7) is 3.84. The van der Waals surface area contributed by atoms with Crippen LogP contribution in [0.3, 0.4) is 0 Å². The number of piperidine rings is 1. The molecule has 0 saturated carbocycles. The topological polar surface area (TPSA) is 73.2 Å². The molecule has 5 nitrogen and oxygen atoms in total. The molecule has 92 valence electrons. The normalized spacial score (nSPS) is 24.9. The van der Waals surface area contributed by atoms with Crippen LogP contribution >= 0.6 is 0 Å².